The average molecular weight is 121 g/mol. The van der Waals surface area contributed by atoms with Crippen molar-refractivity contribution in [1.29, 1.82) is 0 Å². The Kier molecular flexibility index (Phi) is 3.45. The summed E-state index contributed by atoms with van der Waals surface area (Å²) in [5.41, 5.74) is 0. The molecule has 2 unspecified atom stereocenters. The quantitative estimate of drug-likeness (QED) is 0.492. The Balaban J connectivity index is 3.14. The van der Waals surface area contributed by atoms with Crippen LogP contribution in [0.5, 0.6) is 0 Å². The summed E-state index contributed by atoms with van der Waals surface area (Å²) < 4.78 is 0. The van der Waals surface area contributed by atoms with Crippen molar-refractivity contribution >= 4 is 11.6 Å². The van der Waals surface area contributed by atoms with E-state index in [9.17, 15) is 0 Å². The van der Waals surface area contributed by atoms with E-state index in [0.29, 0.717) is 11.3 Å². The lowest BCUT2D eigenvalue weighted by atomic mass is 10.1. The molecule has 44 valence electrons. The summed E-state index contributed by atoms with van der Waals surface area (Å²) in [5, 5.41) is 0.338. The summed E-state index contributed by atoms with van der Waals surface area (Å²) in [5.74, 6) is 0.668. The largest absolute Gasteiger partial charge is 0.123 e. The van der Waals surface area contributed by atoms with Crippen LogP contribution in [0.2, 0.25) is 0 Å². The summed E-state index contributed by atoms with van der Waals surface area (Å²) >= 11 is 5.73. The number of rotatable bonds is 2. The first-order valence-electron chi connectivity index (χ1n) is 2.82. The van der Waals surface area contributed by atoms with E-state index < -0.39 is 0 Å². The highest BCUT2D eigenvalue weighted by Gasteiger charge is 2.03. The zero-order valence-corrected chi connectivity index (χ0v) is 6.00. The second kappa shape index (κ2) is 3.31. The molecule has 0 aliphatic heterocycles. The number of hydrogen-bond acceptors (Lipinski definition) is 0. The van der Waals surface area contributed by atoms with Crippen LogP contribution in [0.1, 0.15) is 27.2 Å². The molecule has 0 fully saturated rings. The molecule has 0 amide bonds. The third-order valence-electron chi connectivity index (χ3n) is 1.43. The Bertz CT molecular complexity index is 41.4. The molecule has 0 radical (unpaired) electrons. The summed E-state index contributed by atoms with van der Waals surface area (Å²) in [4.78, 5) is 0. The molecular formula is C6H13Cl. The van der Waals surface area contributed by atoms with Crippen LogP contribution in [0.4, 0.5) is 0 Å². The monoisotopic (exact) mass is 120 g/mol. The van der Waals surface area contributed by atoms with Crippen LogP contribution in [0.25, 0.3) is 0 Å². The molecule has 0 rings (SSSR count). The normalized spacial score (nSPS) is 18.9. The minimum absolute atomic E-state index is 0.338. The lowest BCUT2D eigenvalue weighted by Crippen LogP contribution is -2.03. The lowest BCUT2D eigenvalue weighted by Gasteiger charge is -2.08. The minimum Gasteiger partial charge on any atom is -0.123 e. The molecule has 0 spiro atoms. The van der Waals surface area contributed by atoms with Crippen molar-refractivity contribution in [3.63, 3.8) is 0 Å². The molecule has 0 aromatic rings. The molecule has 1 heteroatoms. The van der Waals surface area contributed by atoms with E-state index in [-0.39, 0.29) is 0 Å². The predicted molar refractivity (Wildman–Crippen MR) is 34.8 cm³/mol. The van der Waals surface area contributed by atoms with Crippen molar-refractivity contribution in [2.24, 2.45) is 5.92 Å². The zero-order valence-electron chi connectivity index (χ0n) is 5.24. The van der Waals surface area contributed by atoms with Crippen molar-refractivity contribution in [3.8, 4) is 0 Å². The van der Waals surface area contributed by atoms with E-state index in [2.05, 4.69) is 13.8 Å². The van der Waals surface area contributed by atoms with Crippen LogP contribution in [-0.4, -0.2) is 5.38 Å². The number of hydrogen-bond donors (Lipinski definition) is 0. The fourth-order valence-corrected chi connectivity index (χ4v) is 0.503. The van der Waals surface area contributed by atoms with Crippen molar-refractivity contribution < 1.29 is 0 Å². The fraction of sp³-hybridized carbons (Fsp3) is 1.00. The zero-order chi connectivity index (χ0) is 5.86. The Morgan fingerprint density at radius 1 is 1.43 bits per heavy atom. The van der Waals surface area contributed by atoms with E-state index in [1.165, 1.54) is 6.42 Å². The first-order chi connectivity index (χ1) is 3.18. The smallest absolute Gasteiger partial charge is 0.0333 e. The van der Waals surface area contributed by atoms with Crippen LogP contribution in [0, 0.1) is 5.92 Å². The van der Waals surface area contributed by atoms with E-state index in [0.717, 1.165) is 0 Å². The minimum atomic E-state index is 0.338. The maximum Gasteiger partial charge on any atom is 0.0333 e. The van der Waals surface area contributed by atoms with Crippen LogP contribution >= 0.6 is 11.6 Å². The molecule has 0 saturated carbocycles. The number of halogens is 1. The molecule has 0 aromatic heterocycles. The molecule has 0 aliphatic rings. The van der Waals surface area contributed by atoms with Gasteiger partial charge < -0.3 is 0 Å². The van der Waals surface area contributed by atoms with Gasteiger partial charge in [-0.2, -0.15) is 0 Å². The van der Waals surface area contributed by atoms with E-state index in [1.54, 1.807) is 0 Å². The van der Waals surface area contributed by atoms with Gasteiger partial charge in [0.2, 0.25) is 0 Å². The van der Waals surface area contributed by atoms with Gasteiger partial charge in [0.25, 0.3) is 0 Å². The van der Waals surface area contributed by atoms with E-state index in [1.807, 2.05) is 6.92 Å². The van der Waals surface area contributed by atoms with Gasteiger partial charge in [0.05, 0.1) is 0 Å². The fourth-order valence-electron chi connectivity index (χ4n) is 0.325. The molecule has 0 N–H and O–H groups in total. The molecule has 0 aliphatic carbocycles. The van der Waals surface area contributed by atoms with Crippen molar-refractivity contribution in [2.45, 2.75) is 32.6 Å². The van der Waals surface area contributed by atoms with Gasteiger partial charge in [-0.05, 0) is 12.8 Å². The molecule has 0 nitrogen and oxygen atoms in total. The third-order valence-corrected chi connectivity index (χ3v) is 1.86. The van der Waals surface area contributed by atoms with E-state index >= 15 is 0 Å². The molecular weight excluding hydrogens is 108 g/mol. The highest BCUT2D eigenvalue weighted by Crippen LogP contribution is 2.11. The first-order valence-corrected chi connectivity index (χ1v) is 3.26. The second-order valence-corrected chi connectivity index (χ2v) is 2.75. The molecule has 2 atom stereocenters. The highest BCUT2D eigenvalue weighted by atomic mass is 35.5. The molecule has 0 saturated heterocycles. The Hall–Kier alpha value is 0.290. The maximum absolute atomic E-state index is 5.73. The Morgan fingerprint density at radius 2 is 1.86 bits per heavy atom. The highest BCUT2D eigenvalue weighted by molar-refractivity contribution is 6.20. The van der Waals surface area contributed by atoms with Crippen molar-refractivity contribution in [1.82, 2.24) is 0 Å². The van der Waals surface area contributed by atoms with Gasteiger partial charge in [0.1, 0.15) is 0 Å². The van der Waals surface area contributed by atoms with Crippen molar-refractivity contribution in [2.75, 3.05) is 0 Å². The van der Waals surface area contributed by atoms with Gasteiger partial charge in [-0.25, -0.2) is 0 Å². The van der Waals surface area contributed by atoms with Crippen molar-refractivity contribution in [3.05, 3.63) is 0 Å². The molecule has 0 bridgehead atoms. The summed E-state index contributed by atoms with van der Waals surface area (Å²) in [6.45, 7) is 6.36. The standard InChI is InChI=1S/C6H13Cl/c1-4-5(2)6(3)7/h5-6H,4H2,1-3H3. The molecule has 7 heavy (non-hydrogen) atoms. The van der Waals surface area contributed by atoms with Gasteiger partial charge in [0.15, 0.2) is 0 Å². The topological polar surface area (TPSA) is 0 Å². The average Bonchev–Trinajstić information content (AvgIpc) is 1.65. The molecule has 0 heterocycles. The van der Waals surface area contributed by atoms with Gasteiger partial charge in [-0.1, -0.05) is 20.3 Å². The maximum atomic E-state index is 5.73. The van der Waals surface area contributed by atoms with Gasteiger partial charge in [-0.3, -0.25) is 0 Å². The van der Waals surface area contributed by atoms with Gasteiger partial charge in [0, 0.05) is 5.38 Å². The second-order valence-electron chi connectivity index (χ2n) is 2.06. The lowest BCUT2D eigenvalue weighted by molar-refractivity contribution is 0.552. The van der Waals surface area contributed by atoms with Crippen LogP contribution < -0.4 is 0 Å². The number of alkyl halides is 1. The van der Waals surface area contributed by atoms with Gasteiger partial charge in [-0.15, -0.1) is 11.6 Å². The summed E-state index contributed by atoms with van der Waals surface area (Å²) in [7, 11) is 0. The first kappa shape index (κ1) is 7.29. The Labute approximate surface area is 50.9 Å². The van der Waals surface area contributed by atoms with Crippen LogP contribution in [0.15, 0.2) is 0 Å². The SMILES string of the molecule is CCC(C)C(C)Cl. The predicted octanol–water partition coefficient (Wildman–Crippen LogP) is 2.66. The Morgan fingerprint density at radius 3 is 1.86 bits per heavy atom. The van der Waals surface area contributed by atoms with Gasteiger partial charge >= 0.3 is 0 Å². The summed E-state index contributed by atoms with van der Waals surface area (Å²) in [6.07, 6.45) is 1.19. The third kappa shape index (κ3) is 2.93. The van der Waals surface area contributed by atoms with Crippen LogP contribution in [0.3, 0.4) is 0 Å². The van der Waals surface area contributed by atoms with Crippen LogP contribution in [-0.2, 0) is 0 Å². The summed E-state index contributed by atoms with van der Waals surface area (Å²) in [6, 6.07) is 0. The van der Waals surface area contributed by atoms with E-state index in [4.69, 9.17) is 11.6 Å². The molecule has 0 aromatic carbocycles.